The van der Waals surface area contributed by atoms with Gasteiger partial charge in [-0.3, -0.25) is 9.69 Å². The van der Waals surface area contributed by atoms with E-state index in [0.29, 0.717) is 6.42 Å². The van der Waals surface area contributed by atoms with Gasteiger partial charge in [0.2, 0.25) is 5.91 Å². The average molecular weight is 479 g/mol. The summed E-state index contributed by atoms with van der Waals surface area (Å²) in [5.74, 6) is 0.168. The summed E-state index contributed by atoms with van der Waals surface area (Å²) in [6, 6.07) is 21.0. The van der Waals surface area contributed by atoms with Crippen molar-refractivity contribution in [3.05, 3.63) is 101 Å². The molecular formula is C31H34N4O. The molecule has 4 aromatic rings. The molecule has 0 spiro atoms. The highest BCUT2D eigenvalue weighted by Gasteiger charge is 2.24. The molecule has 5 rings (SSSR count). The molecule has 5 nitrogen and oxygen atoms in total. The van der Waals surface area contributed by atoms with Gasteiger partial charge in [0, 0.05) is 44.5 Å². The second-order valence-electron chi connectivity index (χ2n) is 9.81. The molecular weight excluding hydrogens is 444 g/mol. The van der Waals surface area contributed by atoms with Crippen molar-refractivity contribution in [1.29, 1.82) is 0 Å². The molecule has 0 bridgehead atoms. The maximum Gasteiger partial charge on any atom is 0.228 e. The Bertz CT molecular complexity index is 1400. The average Bonchev–Trinajstić information content (AvgIpc) is 3.23. The first-order valence-electron chi connectivity index (χ1n) is 12.7. The number of carbonyl (C=O) groups excluding carboxylic acids is 1. The maximum atomic E-state index is 13.4. The zero-order valence-electron chi connectivity index (χ0n) is 21.4. The van der Waals surface area contributed by atoms with Crippen LogP contribution in [0.25, 0.3) is 23.0 Å². The van der Waals surface area contributed by atoms with Crippen molar-refractivity contribution in [3.8, 4) is 11.3 Å². The lowest BCUT2D eigenvalue weighted by Gasteiger charge is -2.34. The number of rotatable bonds is 6. The van der Waals surface area contributed by atoms with Gasteiger partial charge in [0.15, 0.2) is 0 Å². The molecule has 1 aliphatic heterocycles. The molecule has 1 aliphatic rings. The lowest BCUT2D eigenvalue weighted by atomic mass is 10.0. The van der Waals surface area contributed by atoms with Crippen LogP contribution in [0.15, 0.2) is 72.9 Å². The first kappa shape index (κ1) is 24.0. The van der Waals surface area contributed by atoms with E-state index in [-0.39, 0.29) is 5.91 Å². The van der Waals surface area contributed by atoms with E-state index in [9.17, 15) is 4.79 Å². The van der Waals surface area contributed by atoms with Crippen molar-refractivity contribution >= 4 is 17.6 Å². The molecule has 0 aliphatic carbocycles. The maximum absolute atomic E-state index is 13.4. The molecule has 5 heteroatoms. The minimum absolute atomic E-state index is 0.168. The SMILES string of the molecule is Cc1ccn2c(CC(=O)N3CCN(C/C=C/c4ccccc4)CC3)c(-c3ccc(C)c(C)c3)nc2c1. The smallest absolute Gasteiger partial charge is 0.228 e. The van der Waals surface area contributed by atoms with Crippen LogP contribution in [0.1, 0.15) is 27.9 Å². The van der Waals surface area contributed by atoms with Crippen LogP contribution in [0.5, 0.6) is 0 Å². The minimum Gasteiger partial charge on any atom is -0.340 e. The summed E-state index contributed by atoms with van der Waals surface area (Å²) >= 11 is 0. The van der Waals surface area contributed by atoms with Gasteiger partial charge in [-0.25, -0.2) is 4.98 Å². The Kier molecular flexibility index (Phi) is 7.01. The molecule has 184 valence electrons. The molecule has 0 N–H and O–H groups in total. The minimum atomic E-state index is 0.168. The van der Waals surface area contributed by atoms with Crippen molar-refractivity contribution < 1.29 is 4.79 Å². The Balaban J connectivity index is 1.29. The van der Waals surface area contributed by atoms with E-state index in [1.807, 2.05) is 17.2 Å². The predicted octanol–water partition coefficient (Wildman–Crippen LogP) is 5.33. The highest BCUT2D eigenvalue weighted by Crippen LogP contribution is 2.27. The van der Waals surface area contributed by atoms with E-state index in [1.54, 1.807) is 0 Å². The lowest BCUT2D eigenvalue weighted by Crippen LogP contribution is -2.49. The van der Waals surface area contributed by atoms with Crippen molar-refractivity contribution in [2.75, 3.05) is 32.7 Å². The van der Waals surface area contributed by atoms with Gasteiger partial charge >= 0.3 is 0 Å². The van der Waals surface area contributed by atoms with E-state index in [1.165, 1.54) is 16.7 Å². The Morgan fingerprint density at radius 3 is 2.44 bits per heavy atom. The van der Waals surface area contributed by atoms with Gasteiger partial charge in [-0.05, 0) is 61.2 Å². The Morgan fingerprint density at radius 1 is 0.917 bits per heavy atom. The van der Waals surface area contributed by atoms with Gasteiger partial charge in [0.05, 0.1) is 17.8 Å². The number of carbonyl (C=O) groups is 1. The lowest BCUT2D eigenvalue weighted by molar-refractivity contribution is -0.132. The van der Waals surface area contributed by atoms with Crippen LogP contribution >= 0.6 is 0 Å². The van der Waals surface area contributed by atoms with Gasteiger partial charge < -0.3 is 9.30 Å². The third-order valence-electron chi connectivity index (χ3n) is 7.18. The van der Waals surface area contributed by atoms with E-state index in [2.05, 4.69) is 96.8 Å². The van der Waals surface area contributed by atoms with Crippen LogP contribution in [0, 0.1) is 20.8 Å². The molecule has 1 amide bonds. The second-order valence-corrected chi connectivity index (χ2v) is 9.81. The van der Waals surface area contributed by atoms with Crippen molar-refractivity contribution in [2.24, 2.45) is 0 Å². The number of piperazine rings is 1. The zero-order valence-corrected chi connectivity index (χ0v) is 21.4. The van der Waals surface area contributed by atoms with E-state index in [0.717, 1.165) is 60.9 Å². The number of hydrogen-bond donors (Lipinski definition) is 0. The Labute approximate surface area is 213 Å². The summed E-state index contributed by atoms with van der Waals surface area (Å²) < 4.78 is 2.08. The number of benzene rings is 2. The summed E-state index contributed by atoms with van der Waals surface area (Å²) in [7, 11) is 0. The predicted molar refractivity (Wildman–Crippen MR) is 147 cm³/mol. The summed E-state index contributed by atoms with van der Waals surface area (Å²) in [4.78, 5) is 22.8. The standard InChI is InChI=1S/C31H34N4O/c1-23-13-15-35-28(31(32-29(35)20-23)27-12-11-24(2)25(3)21-27)22-30(36)34-18-16-33(17-19-34)14-7-10-26-8-5-4-6-9-26/h4-13,15,20-21H,14,16-19,22H2,1-3H3/b10-7+. The van der Waals surface area contributed by atoms with E-state index >= 15 is 0 Å². The van der Waals surface area contributed by atoms with Gasteiger partial charge in [0.1, 0.15) is 5.65 Å². The topological polar surface area (TPSA) is 40.9 Å². The summed E-state index contributed by atoms with van der Waals surface area (Å²) in [5.41, 5.74) is 8.69. The highest BCUT2D eigenvalue weighted by atomic mass is 16.2. The molecule has 2 aromatic heterocycles. The number of fused-ring (bicyclic) bond motifs is 1. The number of imidazole rings is 1. The number of amides is 1. The molecule has 3 heterocycles. The van der Waals surface area contributed by atoms with Crippen molar-refractivity contribution in [3.63, 3.8) is 0 Å². The van der Waals surface area contributed by atoms with Gasteiger partial charge in [-0.2, -0.15) is 0 Å². The Hall–Kier alpha value is -3.70. The van der Waals surface area contributed by atoms with Crippen LogP contribution < -0.4 is 0 Å². The Morgan fingerprint density at radius 2 is 1.69 bits per heavy atom. The van der Waals surface area contributed by atoms with Crippen LogP contribution in [-0.2, 0) is 11.2 Å². The normalized spacial score (nSPS) is 14.7. The van der Waals surface area contributed by atoms with Crippen LogP contribution in [-0.4, -0.2) is 57.8 Å². The summed E-state index contributed by atoms with van der Waals surface area (Å²) in [6.07, 6.45) is 6.77. The van der Waals surface area contributed by atoms with Gasteiger partial charge in [-0.1, -0.05) is 54.6 Å². The van der Waals surface area contributed by atoms with Gasteiger partial charge in [-0.15, -0.1) is 0 Å². The fourth-order valence-corrected chi connectivity index (χ4v) is 4.82. The fraction of sp³-hybridized carbons (Fsp3) is 0.290. The first-order chi connectivity index (χ1) is 17.5. The van der Waals surface area contributed by atoms with E-state index in [4.69, 9.17) is 4.98 Å². The molecule has 0 radical (unpaired) electrons. The van der Waals surface area contributed by atoms with Gasteiger partial charge in [0.25, 0.3) is 0 Å². The second kappa shape index (κ2) is 10.5. The number of aromatic nitrogens is 2. The summed E-state index contributed by atoms with van der Waals surface area (Å²) in [6.45, 7) is 10.5. The number of aryl methyl sites for hydroxylation is 3. The summed E-state index contributed by atoms with van der Waals surface area (Å²) in [5, 5.41) is 0. The third-order valence-corrected chi connectivity index (χ3v) is 7.18. The van der Waals surface area contributed by atoms with E-state index < -0.39 is 0 Å². The molecule has 0 saturated carbocycles. The third kappa shape index (κ3) is 5.26. The monoisotopic (exact) mass is 478 g/mol. The van der Waals surface area contributed by atoms with Crippen LogP contribution in [0.4, 0.5) is 0 Å². The number of hydrogen-bond acceptors (Lipinski definition) is 3. The van der Waals surface area contributed by atoms with Crippen LogP contribution in [0.2, 0.25) is 0 Å². The number of pyridine rings is 1. The molecule has 0 atom stereocenters. The number of nitrogens with zero attached hydrogens (tertiary/aromatic N) is 4. The molecule has 1 saturated heterocycles. The first-order valence-corrected chi connectivity index (χ1v) is 12.7. The quantitative estimate of drug-likeness (QED) is 0.376. The molecule has 1 fully saturated rings. The molecule has 2 aromatic carbocycles. The van der Waals surface area contributed by atoms with Crippen LogP contribution in [0.3, 0.4) is 0 Å². The largest absolute Gasteiger partial charge is 0.340 e. The van der Waals surface area contributed by atoms with Crippen molar-refractivity contribution in [2.45, 2.75) is 27.2 Å². The molecule has 36 heavy (non-hydrogen) atoms. The fourth-order valence-electron chi connectivity index (χ4n) is 4.82. The molecule has 0 unspecified atom stereocenters. The van der Waals surface area contributed by atoms with Crippen molar-refractivity contribution in [1.82, 2.24) is 19.2 Å². The zero-order chi connectivity index (χ0) is 25.1. The highest BCUT2D eigenvalue weighted by molar-refractivity contribution is 5.82.